The second-order valence-electron chi connectivity index (χ2n) is 3.45. The summed E-state index contributed by atoms with van der Waals surface area (Å²) in [5, 5.41) is 10.9. The van der Waals surface area contributed by atoms with E-state index in [-0.39, 0.29) is 12.3 Å². The molecule has 5 nitrogen and oxygen atoms in total. The van der Waals surface area contributed by atoms with Gasteiger partial charge in [-0.05, 0) is 12.1 Å². The van der Waals surface area contributed by atoms with Crippen LogP contribution < -0.4 is 4.74 Å². The molecule has 1 aromatic carbocycles. The summed E-state index contributed by atoms with van der Waals surface area (Å²) in [6.07, 6.45) is 3.19. The molecule has 0 unspecified atom stereocenters. The number of rotatable bonds is 8. The molecular weight excluding hydrogens is 234 g/mol. The molecule has 0 aromatic heterocycles. The monoisotopic (exact) mass is 249 g/mol. The lowest BCUT2D eigenvalue weighted by Gasteiger charge is -2.07. The van der Waals surface area contributed by atoms with Gasteiger partial charge >= 0.3 is 0 Å². The van der Waals surface area contributed by atoms with Crippen molar-refractivity contribution >= 4 is 5.69 Å². The largest absolute Gasteiger partial charge is 0.490 e. The molecule has 0 N–H and O–H groups in total. The predicted octanol–water partition coefficient (Wildman–Crippen LogP) is 2.86. The molecule has 0 spiro atoms. The zero-order valence-electron chi connectivity index (χ0n) is 10.0. The molecule has 0 aliphatic carbocycles. The summed E-state index contributed by atoms with van der Waals surface area (Å²) in [7, 11) is 0. The average molecular weight is 249 g/mol. The summed E-state index contributed by atoms with van der Waals surface area (Å²) in [5.74, 6) is 0.553. The minimum absolute atomic E-state index is 0.0185. The molecule has 0 fully saturated rings. The highest BCUT2D eigenvalue weighted by atomic mass is 16.6. The second-order valence-corrected chi connectivity index (χ2v) is 3.45. The molecule has 0 radical (unpaired) electrons. The van der Waals surface area contributed by atoms with Crippen molar-refractivity contribution in [1.82, 2.24) is 0 Å². The Morgan fingerprint density at radius 2 is 2.00 bits per heavy atom. The number of ether oxygens (including phenoxy) is 2. The summed E-state index contributed by atoms with van der Waals surface area (Å²) in [5.41, 5.74) is 0.494. The fourth-order valence-corrected chi connectivity index (χ4v) is 1.35. The quantitative estimate of drug-likeness (QED) is 0.307. The molecule has 0 bridgehead atoms. The molecule has 0 amide bonds. The standard InChI is InChI=1S/C13H15NO4/c1-3-7-17-10-11-9-12(18-8-4-2)5-6-13(11)14(15)16/h3-6,9H,1-2,7-8,10H2. The first-order valence-electron chi connectivity index (χ1n) is 5.38. The van der Waals surface area contributed by atoms with E-state index >= 15 is 0 Å². The third-order valence-electron chi connectivity index (χ3n) is 2.11. The zero-order valence-corrected chi connectivity index (χ0v) is 10.0. The highest BCUT2D eigenvalue weighted by Gasteiger charge is 2.14. The minimum Gasteiger partial charge on any atom is -0.490 e. The molecule has 0 heterocycles. The molecule has 18 heavy (non-hydrogen) atoms. The Balaban J connectivity index is 2.88. The molecule has 0 atom stereocenters. The van der Waals surface area contributed by atoms with E-state index in [0.717, 1.165) is 0 Å². The van der Waals surface area contributed by atoms with Crippen LogP contribution in [0.3, 0.4) is 0 Å². The van der Waals surface area contributed by atoms with Gasteiger partial charge < -0.3 is 9.47 Å². The second kappa shape index (κ2) is 7.24. The molecule has 0 saturated heterocycles. The molecular formula is C13H15NO4. The SMILES string of the molecule is C=CCOCc1cc(OCC=C)ccc1[N+](=O)[O-]. The van der Waals surface area contributed by atoms with Gasteiger partial charge in [-0.2, -0.15) is 0 Å². The van der Waals surface area contributed by atoms with Crippen molar-refractivity contribution in [3.05, 3.63) is 59.2 Å². The number of hydrogen-bond acceptors (Lipinski definition) is 4. The molecule has 96 valence electrons. The van der Waals surface area contributed by atoms with Gasteiger partial charge in [0.2, 0.25) is 0 Å². The lowest BCUT2D eigenvalue weighted by atomic mass is 10.2. The Kier molecular flexibility index (Phi) is 5.60. The minimum atomic E-state index is -0.441. The topological polar surface area (TPSA) is 61.6 Å². The van der Waals surface area contributed by atoms with Crippen LogP contribution in [0.5, 0.6) is 5.75 Å². The van der Waals surface area contributed by atoms with Gasteiger partial charge in [-0.3, -0.25) is 10.1 Å². The summed E-state index contributed by atoms with van der Waals surface area (Å²) < 4.78 is 10.5. The molecule has 5 heteroatoms. The van der Waals surface area contributed by atoms with Crippen LogP contribution in [-0.4, -0.2) is 18.1 Å². The number of benzene rings is 1. The van der Waals surface area contributed by atoms with Gasteiger partial charge in [0.1, 0.15) is 12.4 Å². The summed E-state index contributed by atoms with van der Waals surface area (Å²) in [6, 6.07) is 4.56. The van der Waals surface area contributed by atoms with E-state index in [4.69, 9.17) is 9.47 Å². The Bertz CT molecular complexity index is 443. The normalized spacial score (nSPS) is 9.78. The van der Waals surface area contributed by atoms with Crippen LogP contribution in [0.25, 0.3) is 0 Å². The van der Waals surface area contributed by atoms with E-state index in [9.17, 15) is 10.1 Å². The smallest absolute Gasteiger partial charge is 0.275 e. The van der Waals surface area contributed by atoms with Gasteiger partial charge in [0.05, 0.1) is 23.7 Å². The van der Waals surface area contributed by atoms with Crippen LogP contribution in [0, 0.1) is 10.1 Å². The van der Waals surface area contributed by atoms with Crippen LogP contribution in [0.1, 0.15) is 5.56 Å². The van der Waals surface area contributed by atoms with Gasteiger partial charge in [0.15, 0.2) is 0 Å². The Labute approximate surface area is 105 Å². The number of nitro groups is 1. The highest BCUT2D eigenvalue weighted by molar-refractivity contribution is 5.45. The molecule has 1 rings (SSSR count). The molecule has 0 aliphatic rings. The van der Waals surface area contributed by atoms with E-state index in [0.29, 0.717) is 24.5 Å². The summed E-state index contributed by atoms with van der Waals surface area (Å²) in [4.78, 5) is 10.4. The van der Waals surface area contributed by atoms with Gasteiger partial charge in [0.25, 0.3) is 5.69 Å². The highest BCUT2D eigenvalue weighted by Crippen LogP contribution is 2.24. The first-order valence-corrected chi connectivity index (χ1v) is 5.38. The third-order valence-corrected chi connectivity index (χ3v) is 2.11. The summed E-state index contributed by atoms with van der Waals surface area (Å²) in [6.45, 7) is 7.89. The van der Waals surface area contributed by atoms with Gasteiger partial charge in [-0.25, -0.2) is 0 Å². The van der Waals surface area contributed by atoms with Crippen molar-refractivity contribution in [3.8, 4) is 5.75 Å². The van der Waals surface area contributed by atoms with Crippen molar-refractivity contribution in [3.63, 3.8) is 0 Å². The third kappa shape index (κ3) is 4.03. The Morgan fingerprint density at radius 3 is 2.61 bits per heavy atom. The van der Waals surface area contributed by atoms with Crippen LogP contribution in [0.4, 0.5) is 5.69 Å². The van der Waals surface area contributed by atoms with E-state index in [1.165, 1.54) is 6.07 Å². The van der Waals surface area contributed by atoms with E-state index in [2.05, 4.69) is 13.2 Å². The maximum Gasteiger partial charge on any atom is 0.275 e. The fourth-order valence-electron chi connectivity index (χ4n) is 1.35. The number of nitro benzene ring substituents is 1. The van der Waals surface area contributed by atoms with Crippen LogP contribution in [-0.2, 0) is 11.3 Å². The van der Waals surface area contributed by atoms with Crippen LogP contribution >= 0.6 is 0 Å². The van der Waals surface area contributed by atoms with E-state index in [1.807, 2.05) is 0 Å². The number of hydrogen-bond donors (Lipinski definition) is 0. The van der Waals surface area contributed by atoms with Crippen LogP contribution in [0.2, 0.25) is 0 Å². The van der Waals surface area contributed by atoms with Crippen molar-refractivity contribution in [2.24, 2.45) is 0 Å². The lowest BCUT2D eigenvalue weighted by molar-refractivity contribution is -0.385. The average Bonchev–Trinajstić information content (AvgIpc) is 2.36. The molecule has 0 aliphatic heterocycles. The van der Waals surface area contributed by atoms with Gasteiger partial charge in [0, 0.05) is 6.07 Å². The zero-order chi connectivity index (χ0) is 13.4. The predicted molar refractivity (Wildman–Crippen MR) is 68.6 cm³/mol. The first-order chi connectivity index (χ1) is 8.69. The summed E-state index contributed by atoms with van der Waals surface area (Å²) >= 11 is 0. The fraction of sp³-hybridized carbons (Fsp3) is 0.231. The molecule has 0 saturated carbocycles. The number of nitrogens with zero attached hydrogens (tertiary/aromatic N) is 1. The van der Waals surface area contributed by atoms with Crippen molar-refractivity contribution in [1.29, 1.82) is 0 Å². The maximum atomic E-state index is 10.9. The first kappa shape index (κ1) is 13.9. The maximum absolute atomic E-state index is 10.9. The van der Waals surface area contributed by atoms with Crippen molar-refractivity contribution in [2.45, 2.75) is 6.61 Å². The van der Waals surface area contributed by atoms with Crippen molar-refractivity contribution < 1.29 is 14.4 Å². The van der Waals surface area contributed by atoms with Crippen molar-refractivity contribution in [2.75, 3.05) is 13.2 Å². The Hall–Kier alpha value is -2.14. The Morgan fingerprint density at radius 1 is 1.28 bits per heavy atom. The van der Waals surface area contributed by atoms with E-state index < -0.39 is 4.92 Å². The van der Waals surface area contributed by atoms with Crippen LogP contribution in [0.15, 0.2) is 43.5 Å². The van der Waals surface area contributed by atoms with Gasteiger partial charge in [-0.1, -0.05) is 18.7 Å². The van der Waals surface area contributed by atoms with Gasteiger partial charge in [-0.15, -0.1) is 6.58 Å². The molecule has 1 aromatic rings. The van der Waals surface area contributed by atoms with E-state index in [1.54, 1.807) is 24.3 Å². The lowest BCUT2D eigenvalue weighted by Crippen LogP contribution is -2.00.